The molecule has 0 atom stereocenters. The number of amides is 2. The Bertz CT molecular complexity index is 452. The third-order valence-electron chi connectivity index (χ3n) is 2.16. The van der Waals surface area contributed by atoms with Gasteiger partial charge in [-0.15, -0.1) is 0 Å². The molecule has 0 aliphatic carbocycles. The Morgan fingerprint density at radius 2 is 1.94 bits per heavy atom. The molecule has 0 heterocycles. The molecule has 0 spiro atoms. The number of carbonyl (C=O) groups excluding carboxylic acids is 2. The third kappa shape index (κ3) is 5.06. The first-order chi connectivity index (χ1) is 8.52. The van der Waals surface area contributed by atoms with Crippen molar-refractivity contribution in [1.82, 2.24) is 5.32 Å². The van der Waals surface area contributed by atoms with E-state index in [9.17, 15) is 9.59 Å². The van der Waals surface area contributed by atoms with Crippen molar-refractivity contribution in [1.29, 1.82) is 0 Å². The van der Waals surface area contributed by atoms with Gasteiger partial charge in [0.05, 0.1) is 5.02 Å². The quantitative estimate of drug-likeness (QED) is 0.870. The highest BCUT2D eigenvalue weighted by molar-refractivity contribution is 9.10. The van der Waals surface area contributed by atoms with Gasteiger partial charge in [0.2, 0.25) is 11.8 Å². The molecule has 1 aromatic rings. The lowest BCUT2D eigenvalue weighted by Gasteiger charge is -2.06. The molecule has 0 aliphatic rings. The average Bonchev–Trinajstić information content (AvgIpc) is 2.32. The predicted molar refractivity (Wildman–Crippen MR) is 75.7 cm³/mol. The van der Waals surface area contributed by atoms with Gasteiger partial charge < -0.3 is 10.6 Å². The Kier molecular flexibility index (Phi) is 6.15. The normalized spacial score (nSPS) is 9.94. The van der Waals surface area contributed by atoms with Gasteiger partial charge in [-0.05, 0) is 41.1 Å². The molecule has 2 N–H and O–H groups in total. The molecular weight excluding hydrogens is 320 g/mol. The molecule has 0 radical (unpaired) electrons. The number of hydrogen-bond acceptors (Lipinski definition) is 2. The van der Waals surface area contributed by atoms with E-state index in [0.717, 1.165) is 0 Å². The Balaban J connectivity index is 2.44. The molecule has 0 saturated heterocycles. The lowest BCUT2D eigenvalue weighted by molar-refractivity contribution is -0.124. The van der Waals surface area contributed by atoms with Crippen molar-refractivity contribution < 1.29 is 9.59 Å². The van der Waals surface area contributed by atoms with Crippen molar-refractivity contribution in [2.24, 2.45) is 0 Å². The highest BCUT2D eigenvalue weighted by Gasteiger charge is 2.07. The summed E-state index contributed by atoms with van der Waals surface area (Å²) in [5.74, 6) is -0.319. The van der Waals surface area contributed by atoms with Gasteiger partial charge in [0.15, 0.2) is 0 Å². The van der Waals surface area contributed by atoms with Crippen LogP contribution in [0.15, 0.2) is 22.7 Å². The van der Waals surface area contributed by atoms with E-state index in [2.05, 4.69) is 26.6 Å². The summed E-state index contributed by atoms with van der Waals surface area (Å²) in [5.41, 5.74) is 0.646. The van der Waals surface area contributed by atoms with Gasteiger partial charge in [0, 0.05) is 29.5 Å². The molecule has 0 aromatic heterocycles. The van der Waals surface area contributed by atoms with Crippen LogP contribution in [0.5, 0.6) is 0 Å². The molecule has 0 bridgehead atoms. The molecule has 0 unspecified atom stereocenters. The second-order valence-corrected chi connectivity index (χ2v) is 4.89. The monoisotopic (exact) mass is 332 g/mol. The SMILES string of the molecule is CCNC(=O)CCC(=O)Nc1ccc(Cl)c(Br)c1. The van der Waals surface area contributed by atoms with Crippen molar-refractivity contribution in [2.45, 2.75) is 19.8 Å². The van der Waals surface area contributed by atoms with Gasteiger partial charge in [-0.1, -0.05) is 11.6 Å². The number of rotatable bonds is 5. The lowest BCUT2D eigenvalue weighted by Crippen LogP contribution is -2.24. The maximum atomic E-state index is 11.6. The van der Waals surface area contributed by atoms with Crippen LogP contribution in [0.4, 0.5) is 5.69 Å². The topological polar surface area (TPSA) is 58.2 Å². The maximum Gasteiger partial charge on any atom is 0.224 e. The molecule has 6 heteroatoms. The first-order valence-electron chi connectivity index (χ1n) is 5.54. The number of hydrogen-bond donors (Lipinski definition) is 2. The lowest BCUT2D eigenvalue weighted by atomic mass is 10.2. The van der Waals surface area contributed by atoms with Crippen LogP contribution in [0.1, 0.15) is 19.8 Å². The second-order valence-electron chi connectivity index (χ2n) is 3.63. The van der Waals surface area contributed by atoms with Gasteiger partial charge in [-0.25, -0.2) is 0 Å². The summed E-state index contributed by atoms with van der Waals surface area (Å²) in [7, 11) is 0. The van der Waals surface area contributed by atoms with Crippen LogP contribution in [0.3, 0.4) is 0 Å². The minimum atomic E-state index is -0.199. The standard InChI is InChI=1S/C12H14BrClN2O2/c1-2-15-11(17)5-6-12(18)16-8-3-4-10(14)9(13)7-8/h3-4,7H,2,5-6H2,1H3,(H,15,17)(H,16,18). The molecule has 0 saturated carbocycles. The molecule has 4 nitrogen and oxygen atoms in total. The smallest absolute Gasteiger partial charge is 0.224 e. The summed E-state index contributed by atoms with van der Waals surface area (Å²) in [6, 6.07) is 5.11. The van der Waals surface area contributed by atoms with Crippen LogP contribution in [-0.4, -0.2) is 18.4 Å². The van der Waals surface area contributed by atoms with Crippen LogP contribution in [0.2, 0.25) is 5.02 Å². The zero-order valence-corrected chi connectivity index (χ0v) is 12.3. The summed E-state index contributed by atoms with van der Waals surface area (Å²) in [6.45, 7) is 2.41. The number of anilines is 1. The van der Waals surface area contributed by atoms with Crippen LogP contribution in [0.25, 0.3) is 0 Å². The van der Waals surface area contributed by atoms with Crippen LogP contribution in [0, 0.1) is 0 Å². The molecule has 18 heavy (non-hydrogen) atoms. The van der Waals surface area contributed by atoms with E-state index in [1.807, 2.05) is 6.92 Å². The summed E-state index contributed by atoms with van der Waals surface area (Å²) in [4.78, 5) is 22.8. The first kappa shape index (κ1) is 15.0. The fourth-order valence-electron chi connectivity index (χ4n) is 1.31. The average molecular weight is 334 g/mol. The van der Waals surface area contributed by atoms with Gasteiger partial charge in [-0.3, -0.25) is 9.59 Å². The van der Waals surface area contributed by atoms with Gasteiger partial charge >= 0.3 is 0 Å². The molecule has 0 aliphatic heterocycles. The Morgan fingerprint density at radius 3 is 2.56 bits per heavy atom. The minimum Gasteiger partial charge on any atom is -0.356 e. The van der Waals surface area contributed by atoms with E-state index in [0.29, 0.717) is 21.7 Å². The van der Waals surface area contributed by atoms with Crippen molar-refractivity contribution in [3.63, 3.8) is 0 Å². The fourth-order valence-corrected chi connectivity index (χ4v) is 1.81. The first-order valence-corrected chi connectivity index (χ1v) is 6.71. The number of nitrogens with one attached hydrogen (secondary N) is 2. The Morgan fingerprint density at radius 1 is 1.28 bits per heavy atom. The molecule has 1 aromatic carbocycles. The summed E-state index contributed by atoms with van der Waals surface area (Å²) >= 11 is 9.11. The van der Waals surface area contributed by atoms with E-state index in [1.165, 1.54) is 0 Å². The van der Waals surface area contributed by atoms with Crippen molar-refractivity contribution >= 4 is 45.0 Å². The summed E-state index contributed by atoms with van der Waals surface area (Å²) in [6.07, 6.45) is 0.348. The molecule has 2 amide bonds. The van der Waals surface area contributed by atoms with E-state index < -0.39 is 0 Å². The maximum absolute atomic E-state index is 11.6. The molecule has 1 rings (SSSR count). The minimum absolute atomic E-state index is 0.120. The fraction of sp³-hybridized carbons (Fsp3) is 0.333. The largest absolute Gasteiger partial charge is 0.356 e. The highest BCUT2D eigenvalue weighted by atomic mass is 79.9. The van der Waals surface area contributed by atoms with Crippen LogP contribution < -0.4 is 10.6 Å². The highest BCUT2D eigenvalue weighted by Crippen LogP contribution is 2.25. The van der Waals surface area contributed by atoms with Crippen molar-refractivity contribution in [2.75, 3.05) is 11.9 Å². The number of halogens is 2. The molecule has 0 fully saturated rings. The number of benzene rings is 1. The Hall–Kier alpha value is -1.07. The predicted octanol–water partition coefficient (Wildman–Crippen LogP) is 2.96. The van der Waals surface area contributed by atoms with Gasteiger partial charge in [0.25, 0.3) is 0 Å². The summed E-state index contributed by atoms with van der Waals surface area (Å²) < 4.78 is 0.714. The molecular formula is C12H14BrClN2O2. The van der Waals surface area contributed by atoms with Crippen LogP contribution in [-0.2, 0) is 9.59 Å². The van der Waals surface area contributed by atoms with Crippen LogP contribution >= 0.6 is 27.5 Å². The van der Waals surface area contributed by atoms with Crippen molar-refractivity contribution in [3.8, 4) is 0 Å². The Labute approximate surface area is 119 Å². The number of carbonyl (C=O) groups is 2. The van der Waals surface area contributed by atoms with Gasteiger partial charge in [-0.2, -0.15) is 0 Å². The summed E-state index contributed by atoms with van der Waals surface area (Å²) in [5, 5.41) is 5.92. The van der Waals surface area contributed by atoms with E-state index in [4.69, 9.17) is 11.6 Å². The van der Waals surface area contributed by atoms with Gasteiger partial charge in [0.1, 0.15) is 0 Å². The van der Waals surface area contributed by atoms with E-state index >= 15 is 0 Å². The zero-order valence-electron chi connectivity index (χ0n) is 9.93. The zero-order chi connectivity index (χ0) is 13.5. The van der Waals surface area contributed by atoms with Crippen molar-refractivity contribution in [3.05, 3.63) is 27.7 Å². The molecule has 98 valence electrons. The third-order valence-corrected chi connectivity index (χ3v) is 3.37. The van der Waals surface area contributed by atoms with E-state index in [1.54, 1.807) is 18.2 Å². The second kappa shape index (κ2) is 7.38. The van der Waals surface area contributed by atoms with E-state index in [-0.39, 0.29) is 24.7 Å².